The van der Waals surface area contributed by atoms with E-state index in [1.165, 1.54) is 0 Å². The fourth-order valence-corrected chi connectivity index (χ4v) is 2.10. The van der Waals surface area contributed by atoms with E-state index in [1.54, 1.807) is 13.3 Å². The van der Waals surface area contributed by atoms with Crippen LogP contribution in [0.3, 0.4) is 0 Å². The molecule has 0 radical (unpaired) electrons. The maximum Gasteiger partial charge on any atom is 0.225 e. The van der Waals surface area contributed by atoms with Crippen LogP contribution in [0.2, 0.25) is 0 Å². The van der Waals surface area contributed by atoms with Crippen LogP contribution >= 0.6 is 0 Å². The quantitative estimate of drug-likeness (QED) is 0.846. The number of hydrogen-bond acceptors (Lipinski definition) is 5. The molecular formula is C12H19N3O2. The molecule has 2 rings (SSSR count). The Hall–Kier alpha value is -1.20. The van der Waals surface area contributed by atoms with Gasteiger partial charge < -0.3 is 14.7 Å². The second kappa shape index (κ2) is 5.42. The van der Waals surface area contributed by atoms with Crippen molar-refractivity contribution in [1.29, 1.82) is 0 Å². The topological polar surface area (TPSA) is 58.5 Å². The van der Waals surface area contributed by atoms with Gasteiger partial charge in [0.25, 0.3) is 0 Å². The van der Waals surface area contributed by atoms with E-state index < -0.39 is 0 Å². The minimum atomic E-state index is -0.00713. The fraction of sp³-hybridized carbons (Fsp3) is 0.667. The number of piperidine rings is 1. The van der Waals surface area contributed by atoms with E-state index in [0.717, 1.165) is 43.1 Å². The smallest absolute Gasteiger partial charge is 0.225 e. The Labute approximate surface area is 101 Å². The number of aliphatic hydroxyl groups is 1. The van der Waals surface area contributed by atoms with Crippen molar-refractivity contribution in [2.75, 3.05) is 25.1 Å². The first-order valence-corrected chi connectivity index (χ1v) is 5.95. The Bertz CT molecular complexity index is 384. The predicted octanol–water partition coefficient (Wildman–Crippen LogP) is 0.893. The second-order valence-corrected chi connectivity index (χ2v) is 4.38. The van der Waals surface area contributed by atoms with Gasteiger partial charge in [0.15, 0.2) is 0 Å². The standard InChI is InChI=1S/C12H19N3O2/c1-9-10(8-16)6-13-12(14-9)15-5-3-4-11(7-15)17-2/h6,11,16H,3-5,7-8H2,1-2H3. The lowest BCUT2D eigenvalue weighted by Gasteiger charge is -2.32. The summed E-state index contributed by atoms with van der Waals surface area (Å²) < 4.78 is 5.38. The van der Waals surface area contributed by atoms with Crippen molar-refractivity contribution in [1.82, 2.24) is 9.97 Å². The van der Waals surface area contributed by atoms with Gasteiger partial charge in [-0.2, -0.15) is 0 Å². The molecule has 1 aromatic heterocycles. The number of aryl methyl sites for hydroxylation is 1. The van der Waals surface area contributed by atoms with Crippen LogP contribution in [-0.2, 0) is 11.3 Å². The summed E-state index contributed by atoms with van der Waals surface area (Å²) in [7, 11) is 1.75. The maximum absolute atomic E-state index is 9.09. The van der Waals surface area contributed by atoms with E-state index in [0.29, 0.717) is 0 Å². The van der Waals surface area contributed by atoms with E-state index in [2.05, 4.69) is 14.9 Å². The molecule has 1 N–H and O–H groups in total. The zero-order valence-electron chi connectivity index (χ0n) is 10.4. The molecule has 1 aliphatic rings. The van der Waals surface area contributed by atoms with Crippen LogP contribution in [-0.4, -0.2) is 41.4 Å². The average molecular weight is 237 g/mol. The van der Waals surface area contributed by atoms with Crippen LogP contribution in [0.25, 0.3) is 0 Å². The Kier molecular flexibility index (Phi) is 3.91. The number of aromatic nitrogens is 2. The van der Waals surface area contributed by atoms with Crippen LogP contribution in [0.5, 0.6) is 0 Å². The Morgan fingerprint density at radius 2 is 2.41 bits per heavy atom. The average Bonchev–Trinajstić information content (AvgIpc) is 2.38. The van der Waals surface area contributed by atoms with E-state index >= 15 is 0 Å². The number of nitrogens with zero attached hydrogens (tertiary/aromatic N) is 3. The SMILES string of the molecule is COC1CCCN(c2ncc(CO)c(C)n2)C1. The number of aliphatic hydroxyl groups excluding tert-OH is 1. The highest BCUT2D eigenvalue weighted by Crippen LogP contribution is 2.18. The number of hydrogen-bond donors (Lipinski definition) is 1. The summed E-state index contributed by atoms with van der Waals surface area (Å²) in [6.07, 6.45) is 4.17. The third-order valence-corrected chi connectivity index (χ3v) is 3.23. The van der Waals surface area contributed by atoms with Crippen molar-refractivity contribution in [2.45, 2.75) is 32.5 Å². The molecule has 1 saturated heterocycles. The third-order valence-electron chi connectivity index (χ3n) is 3.23. The van der Waals surface area contributed by atoms with Gasteiger partial charge in [-0.1, -0.05) is 0 Å². The van der Waals surface area contributed by atoms with Crippen LogP contribution in [0, 0.1) is 6.92 Å². The lowest BCUT2D eigenvalue weighted by atomic mass is 10.1. The fourth-order valence-electron chi connectivity index (χ4n) is 2.10. The lowest BCUT2D eigenvalue weighted by molar-refractivity contribution is 0.0889. The van der Waals surface area contributed by atoms with Gasteiger partial charge in [-0.3, -0.25) is 0 Å². The molecule has 1 fully saturated rings. The molecule has 1 unspecified atom stereocenters. The normalized spacial score (nSPS) is 20.6. The van der Waals surface area contributed by atoms with Gasteiger partial charge in [0.05, 0.1) is 12.7 Å². The van der Waals surface area contributed by atoms with Gasteiger partial charge >= 0.3 is 0 Å². The number of ether oxygens (including phenoxy) is 1. The van der Waals surface area contributed by atoms with Gasteiger partial charge in [-0.15, -0.1) is 0 Å². The van der Waals surface area contributed by atoms with Crippen LogP contribution < -0.4 is 4.90 Å². The molecule has 0 saturated carbocycles. The third kappa shape index (κ3) is 2.73. The van der Waals surface area contributed by atoms with E-state index in [9.17, 15) is 0 Å². The van der Waals surface area contributed by atoms with Gasteiger partial charge in [-0.25, -0.2) is 9.97 Å². The van der Waals surface area contributed by atoms with Crippen LogP contribution in [0.15, 0.2) is 6.20 Å². The van der Waals surface area contributed by atoms with Crippen molar-refractivity contribution in [3.63, 3.8) is 0 Å². The molecule has 0 aromatic carbocycles. The van der Waals surface area contributed by atoms with Crippen molar-refractivity contribution >= 4 is 5.95 Å². The molecule has 0 amide bonds. The first kappa shape index (κ1) is 12.3. The summed E-state index contributed by atoms with van der Waals surface area (Å²) in [6.45, 7) is 3.70. The first-order valence-electron chi connectivity index (χ1n) is 5.95. The summed E-state index contributed by atoms with van der Waals surface area (Å²) in [6, 6.07) is 0. The van der Waals surface area contributed by atoms with Gasteiger partial charge in [0.2, 0.25) is 5.95 Å². The largest absolute Gasteiger partial charge is 0.392 e. The monoisotopic (exact) mass is 237 g/mol. The zero-order valence-corrected chi connectivity index (χ0v) is 10.4. The maximum atomic E-state index is 9.09. The lowest BCUT2D eigenvalue weighted by Crippen LogP contribution is -2.40. The Balaban J connectivity index is 2.13. The first-order chi connectivity index (χ1) is 8.24. The Morgan fingerprint density at radius 1 is 1.59 bits per heavy atom. The molecule has 2 heterocycles. The van der Waals surface area contributed by atoms with Gasteiger partial charge in [-0.05, 0) is 19.8 Å². The number of anilines is 1. The van der Waals surface area contributed by atoms with Gasteiger partial charge in [0.1, 0.15) is 0 Å². The summed E-state index contributed by atoms with van der Waals surface area (Å²) in [5.41, 5.74) is 1.63. The summed E-state index contributed by atoms with van der Waals surface area (Å²) in [5.74, 6) is 0.737. The molecule has 0 aliphatic carbocycles. The molecule has 5 heteroatoms. The molecule has 0 bridgehead atoms. The number of methoxy groups -OCH3 is 1. The van der Waals surface area contributed by atoms with E-state index in [-0.39, 0.29) is 12.7 Å². The van der Waals surface area contributed by atoms with Crippen molar-refractivity contribution in [2.24, 2.45) is 0 Å². The highest BCUT2D eigenvalue weighted by molar-refractivity contribution is 5.33. The minimum absolute atomic E-state index is 0.00713. The van der Waals surface area contributed by atoms with Crippen molar-refractivity contribution in [3.05, 3.63) is 17.5 Å². The highest BCUT2D eigenvalue weighted by Gasteiger charge is 2.21. The molecule has 1 atom stereocenters. The molecule has 1 aliphatic heterocycles. The highest BCUT2D eigenvalue weighted by atomic mass is 16.5. The minimum Gasteiger partial charge on any atom is -0.392 e. The van der Waals surface area contributed by atoms with Crippen LogP contribution in [0.1, 0.15) is 24.1 Å². The molecule has 1 aromatic rings. The Morgan fingerprint density at radius 3 is 3.06 bits per heavy atom. The van der Waals surface area contributed by atoms with E-state index in [4.69, 9.17) is 9.84 Å². The van der Waals surface area contributed by atoms with Crippen LogP contribution in [0.4, 0.5) is 5.95 Å². The summed E-state index contributed by atoms with van der Waals surface area (Å²) >= 11 is 0. The second-order valence-electron chi connectivity index (χ2n) is 4.38. The number of rotatable bonds is 3. The molecule has 5 nitrogen and oxygen atoms in total. The van der Waals surface area contributed by atoms with E-state index in [1.807, 2.05) is 6.92 Å². The van der Waals surface area contributed by atoms with Crippen molar-refractivity contribution < 1.29 is 9.84 Å². The molecule has 0 spiro atoms. The summed E-state index contributed by atoms with van der Waals surface area (Å²) in [5, 5.41) is 9.09. The molecule has 94 valence electrons. The van der Waals surface area contributed by atoms with Crippen molar-refractivity contribution in [3.8, 4) is 0 Å². The predicted molar refractivity (Wildman–Crippen MR) is 64.9 cm³/mol. The zero-order chi connectivity index (χ0) is 12.3. The molecular weight excluding hydrogens is 218 g/mol. The van der Waals surface area contributed by atoms with Gasteiger partial charge in [0, 0.05) is 37.7 Å². The molecule has 17 heavy (non-hydrogen) atoms. The summed E-state index contributed by atoms with van der Waals surface area (Å²) in [4.78, 5) is 10.9.